The second kappa shape index (κ2) is 5.31. The summed E-state index contributed by atoms with van der Waals surface area (Å²) in [6, 6.07) is 1.38. The van der Waals surface area contributed by atoms with Gasteiger partial charge in [0.05, 0.1) is 18.9 Å². The van der Waals surface area contributed by atoms with Gasteiger partial charge in [0.25, 0.3) is 0 Å². The van der Waals surface area contributed by atoms with E-state index in [-0.39, 0.29) is 17.9 Å². The van der Waals surface area contributed by atoms with Crippen LogP contribution in [0.2, 0.25) is 0 Å². The largest absolute Gasteiger partial charge is 0.491 e. The Morgan fingerprint density at radius 3 is 3.00 bits per heavy atom. The molecule has 5 nitrogen and oxygen atoms in total. The number of carbonyl (C=O) groups is 1. The molecule has 1 heterocycles. The molecule has 1 atom stereocenters. The molecule has 0 spiro atoms. The third kappa shape index (κ3) is 3.55. The number of aromatic carboxylic acids is 1. The lowest BCUT2D eigenvalue weighted by Gasteiger charge is -2.09. The molecule has 0 amide bonds. The second-order valence-electron chi connectivity index (χ2n) is 3.16. The third-order valence-corrected chi connectivity index (χ3v) is 1.81. The van der Waals surface area contributed by atoms with Crippen molar-refractivity contribution in [2.45, 2.75) is 19.4 Å². The standard InChI is InChI=1S/C10H13NO4/c1-7(12)3-5-15-9-6-11-4-2-8(9)10(13)14/h2,4,6-7,12H,3,5H2,1H3,(H,13,14). The Bertz CT molecular complexity index is 338. The topological polar surface area (TPSA) is 79.7 Å². The minimum absolute atomic E-state index is 0.0793. The number of aromatic nitrogens is 1. The van der Waals surface area contributed by atoms with Gasteiger partial charge in [-0.05, 0) is 13.0 Å². The highest BCUT2D eigenvalue weighted by Gasteiger charge is 2.10. The lowest BCUT2D eigenvalue weighted by atomic mass is 10.2. The average molecular weight is 211 g/mol. The van der Waals surface area contributed by atoms with Gasteiger partial charge in [-0.2, -0.15) is 0 Å². The number of pyridine rings is 1. The van der Waals surface area contributed by atoms with Crippen LogP contribution in [0.15, 0.2) is 18.5 Å². The van der Waals surface area contributed by atoms with Crippen LogP contribution in [0.4, 0.5) is 0 Å². The quantitative estimate of drug-likeness (QED) is 0.757. The zero-order valence-corrected chi connectivity index (χ0v) is 8.38. The first kappa shape index (κ1) is 11.5. The molecule has 0 saturated heterocycles. The number of carboxylic acid groups (broad SMARTS) is 1. The van der Waals surface area contributed by atoms with Crippen molar-refractivity contribution in [2.75, 3.05) is 6.61 Å². The van der Waals surface area contributed by atoms with E-state index in [0.717, 1.165) is 0 Å². The van der Waals surface area contributed by atoms with Gasteiger partial charge in [0.15, 0.2) is 5.75 Å². The van der Waals surface area contributed by atoms with Crippen LogP contribution in [0.3, 0.4) is 0 Å². The summed E-state index contributed by atoms with van der Waals surface area (Å²) in [6.07, 6.45) is 2.74. The van der Waals surface area contributed by atoms with Gasteiger partial charge in [0.1, 0.15) is 5.56 Å². The summed E-state index contributed by atoms with van der Waals surface area (Å²) in [7, 11) is 0. The van der Waals surface area contributed by atoms with E-state index in [0.29, 0.717) is 6.42 Å². The van der Waals surface area contributed by atoms with Gasteiger partial charge in [-0.3, -0.25) is 4.98 Å². The normalized spacial score (nSPS) is 12.1. The molecule has 0 aliphatic carbocycles. The van der Waals surface area contributed by atoms with Crippen LogP contribution in [0, 0.1) is 0 Å². The molecule has 1 unspecified atom stereocenters. The van der Waals surface area contributed by atoms with E-state index in [9.17, 15) is 4.79 Å². The number of ether oxygens (including phenoxy) is 1. The fraction of sp³-hybridized carbons (Fsp3) is 0.400. The second-order valence-corrected chi connectivity index (χ2v) is 3.16. The minimum Gasteiger partial charge on any atom is -0.491 e. The molecule has 0 saturated carbocycles. The van der Waals surface area contributed by atoms with Gasteiger partial charge in [0.2, 0.25) is 0 Å². The highest BCUT2D eigenvalue weighted by atomic mass is 16.5. The Balaban J connectivity index is 2.63. The fourth-order valence-corrected chi connectivity index (χ4v) is 1.01. The molecule has 0 aliphatic heterocycles. The summed E-state index contributed by atoms with van der Waals surface area (Å²) in [6.45, 7) is 1.91. The molecule has 1 aromatic heterocycles. The Labute approximate surface area is 87.3 Å². The predicted molar refractivity (Wildman–Crippen MR) is 53.0 cm³/mol. The van der Waals surface area contributed by atoms with E-state index in [1.807, 2.05) is 0 Å². The molecule has 1 aromatic rings. The van der Waals surface area contributed by atoms with E-state index in [1.165, 1.54) is 18.5 Å². The van der Waals surface area contributed by atoms with Gasteiger partial charge in [-0.1, -0.05) is 0 Å². The van der Waals surface area contributed by atoms with Crippen LogP contribution in [-0.4, -0.2) is 33.9 Å². The molecule has 2 N–H and O–H groups in total. The molecule has 0 aliphatic rings. The number of aliphatic hydroxyl groups is 1. The monoisotopic (exact) mass is 211 g/mol. The summed E-state index contributed by atoms with van der Waals surface area (Å²) in [5, 5.41) is 17.8. The highest BCUT2D eigenvalue weighted by molar-refractivity contribution is 5.90. The number of rotatable bonds is 5. The zero-order chi connectivity index (χ0) is 11.3. The molecule has 82 valence electrons. The molecule has 0 aromatic carbocycles. The fourth-order valence-electron chi connectivity index (χ4n) is 1.01. The van der Waals surface area contributed by atoms with Crippen LogP contribution in [-0.2, 0) is 0 Å². The third-order valence-electron chi connectivity index (χ3n) is 1.81. The van der Waals surface area contributed by atoms with E-state index < -0.39 is 12.1 Å². The number of nitrogens with zero attached hydrogens (tertiary/aromatic N) is 1. The van der Waals surface area contributed by atoms with Gasteiger partial charge >= 0.3 is 5.97 Å². The van der Waals surface area contributed by atoms with E-state index in [4.69, 9.17) is 14.9 Å². The van der Waals surface area contributed by atoms with E-state index in [2.05, 4.69) is 4.98 Å². The summed E-state index contributed by atoms with van der Waals surface area (Å²) < 4.78 is 5.21. The van der Waals surface area contributed by atoms with Crippen molar-refractivity contribution in [3.05, 3.63) is 24.0 Å². The Hall–Kier alpha value is -1.62. The maximum absolute atomic E-state index is 10.8. The smallest absolute Gasteiger partial charge is 0.339 e. The molecule has 0 fully saturated rings. The number of hydrogen-bond acceptors (Lipinski definition) is 4. The Morgan fingerprint density at radius 2 is 2.40 bits per heavy atom. The van der Waals surface area contributed by atoms with Crippen molar-refractivity contribution in [1.82, 2.24) is 4.98 Å². The maximum Gasteiger partial charge on any atom is 0.339 e. The number of hydrogen-bond donors (Lipinski definition) is 2. The lowest BCUT2D eigenvalue weighted by Crippen LogP contribution is -2.10. The predicted octanol–water partition coefficient (Wildman–Crippen LogP) is 0.929. The number of aliphatic hydroxyl groups excluding tert-OH is 1. The zero-order valence-electron chi connectivity index (χ0n) is 8.38. The molecule has 5 heteroatoms. The van der Waals surface area contributed by atoms with Gasteiger partial charge in [-0.15, -0.1) is 0 Å². The van der Waals surface area contributed by atoms with Crippen molar-refractivity contribution >= 4 is 5.97 Å². The van der Waals surface area contributed by atoms with Gasteiger partial charge < -0.3 is 14.9 Å². The maximum atomic E-state index is 10.8. The minimum atomic E-state index is -1.05. The van der Waals surface area contributed by atoms with Crippen molar-refractivity contribution in [2.24, 2.45) is 0 Å². The summed E-state index contributed by atoms with van der Waals surface area (Å²) in [5.41, 5.74) is 0.0793. The van der Waals surface area contributed by atoms with Crippen molar-refractivity contribution in [1.29, 1.82) is 0 Å². The lowest BCUT2D eigenvalue weighted by molar-refractivity contribution is 0.0691. The van der Waals surface area contributed by atoms with E-state index in [1.54, 1.807) is 6.92 Å². The van der Waals surface area contributed by atoms with E-state index >= 15 is 0 Å². The average Bonchev–Trinajstić information content (AvgIpc) is 2.17. The molecular formula is C10H13NO4. The summed E-state index contributed by atoms with van der Waals surface area (Å²) in [5.74, 6) is -0.824. The summed E-state index contributed by atoms with van der Waals surface area (Å²) in [4.78, 5) is 14.5. The van der Waals surface area contributed by atoms with Crippen molar-refractivity contribution in [3.8, 4) is 5.75 Å². The SMILES string of the molecule is CC(O)CCOc1cnccc1C(=O)O. The van der Waals surface area contributed by atoms with Crippen LogP contribution in [0.25, 0.3) is 0 Å². The first-order chi connectivity index (χ1) is 7.11. The highest BCUT2D eigenvalue weighted by Crippen LogP contribution is 2.16. The van der Waals surface area contributed by atoms with Gasteiger partial charge in [0, 0.05) is 12.6 Å². The van der Waals surface area contributed by atoms with Crippen LogP contribution in [0.1, 0.15) is 23.7 Å². The molecule has 0 bridgehead atoms. The van der Waals surface area contributed by atoms with Crippen molar-refractivity contribution in [3.63, 3.8) is 0 Å². The first-order valence-corrected chi connectivity index (χ1v) is 4.59. The molecule has 1 rings (SSSR count). The Kier molecular flexibility index (Phi) is 4.05. The molecule has 0 radical (unpaired) electrons. The molecule has 15 heavy (non-hydrogen) atoms. The Morgan fingerprint density at radius 1 is 1.67 bits per heavy atom. The molecular weight excluding hydrogens is 198 g/mol. The number of carboxylic acids is 1. The summed E-state index contributed by atoms with van der Waals surface area (Å²) >= 11 is 0. The van der Waals surface area contributed by atoms with Crippen LogP contribution >= 0.6 is 0 Å². The van der Waals surface area contributed by atoms with Crippen LogP contribution in [0.5, 0.6) is 5.75 Å². The van der Waals surface area contributed by atoms with Gasteiger partial charge in [-0.25, -0.2) is 4.79 Å². The van der Waals surface area contributed by atoms with Crippen LogP contribution < -0.4 is 4.74 Å². The van der Waals surface area contributed by atoms with Crippen molar-refractivity contribution < 1.29 is 19.7 Å². The first-order valence-electron chi connectivity index (χ1n) is 4.59.